The molecule has 19 heavy (non-hydrogen) atoms. The van der Waals surface area contributed by atoms with Crippen LogP contribution in [0.1, 0.15) is 45.4 Å². The zero-order valence-corrected chi connectivity index (χ0v) is 12.4. The van der Waals surface area contributed by atoms with E-state index >= 15 is 0 Å². The van der Waals surface area contributed by atoms with Crippen LogP contribution in [0.2, 0.25) is 0 Å². The number of methoxy groups -OCH3 is 1. The Hall–Kier alpha value is -0.610. The van der Waals surface area contributed by atoms with Crippen LogP contribution in [-0.4, -0.2) is 49.7 Å². The minimum atomic E-state index is -0.111. The molecule has 0 spiro atoms. The van der Waals surface area contributed by atoms with Crippen molar-refractivity contribution in [1.82, 2.24) is 10.2 Å². The van der Waals surface area contributed by atoms with Gasteiger partial charge in [-0.3, -0.25) is 4.79 Å². The summed E-state index contributed by atoms with van der Waals surface area (Å²) in [6.07, 6.45) is 7.13. The number of likely N-dealkylation sites (tertiary alicyclic amines) is 1. The van der Waals surface area contributed by atoms with Crippen molar-refractivity contribution in [3.63, 3.8) is 0 Å². The van der Waals surface area contributed by atoms with Gasteiger partial charge in [0, 0.05) is 19.1 Å². The summed E-state index contributed by atoms with van der Waals surface area (Å²) in [5, 5.41) is 3.43. The predicted octanol–water partition coefficient (Wildman–Crippen LogP) is 1.79. The molecule has 1 N–H and O–H groups in total. The average molecular weight is 268 g/mol. The van der Waals surface area contributed by atoms with Gasteiger partial charge in [0.15, 0.2) is 0 Å². The van der Waals surface area contributed by atoms with Gasteiger partial charge in [-0.25, -0.2) is 0 Å². The fourth-order valence-electron chi connectivity index (χ4n) is 2.96. The molecule has 2 rings (SSSR count). The lowest BCUT2D eigenvalue weighted by Gasteiger charge is -2.19. The second-order valence-corrected chi connectivity index (χ2v) is 6.01. The molecule has 4 nitrogen and oxygen atoms in total. The molecular formula is C15H28N2O2. The number of esters is 1. The zero-order chi connectivity index (χ0) is 13.7. The summed E-state index contributed by atoms with van der Waals surface area (Å²) in [6.45, 7) is 5.56. The Labute approximate surface area is 116 Å². The second-order valence-electron chi connectivity index (χ2n) is 6.01. The van der Waals surface area contributed by atoms with Gasteiger partial charge >= 0.3 is 5.97 Å². The first kappa shape index (κ1) is 14.8. The molecule has 0 aromatic rings. The van der Waals surface area contributed by atoms with Crippen molar-refractivity contribution < 1.29 is 9.53 Å². The van der Waals surface area contributed by atoms with Gasteiger partial charge in [0.05, 0.1) is 7.11 Å². The normalized spacial score (nSPS) is 25.5. The van der Waals surface area contributed by atoms with Crippen molar-refractivity contribution in [1.29, 1.82) is 0 Å². The van der Waals surface area contributed by atoms with Crippen LogP contribution in [0.4, 0.5) is 0 Å². The lowest BCUT2D eigenvalue weighted by Crippen LogP contribution is -2.40. The second kappa shape index (κ2) is 7.25. The van der Waals surface area contributed by atoms with Gasteiger partial charge in [-0.2, -0.15) is 0 Å². The lowest BCUT2D eigenvalue weighted by molar-refractivity contribution is -0.143. The van der Waals surface area contributed by atoms with E-state index < -0.39 is 0 Å². The summed E-state index contributed by atoms with van der Waals surface area (Å²) in [6, 6.07) is 0.765. The maximum atomic E-state index is 11.7. The number of nitrogens with zero attached hydrogens (tertiary/aromatic N) is 1. The summed E-state index contributed by atoms with van der Waals surface area (Å²) in [5.74, 6) is 0.597. The SMILES string of the molecule is CCCCC(NCC1CCN(C2CC2)C1)C(=O)OC. The fraction of sp³-hybridized carbons (Fsp3) is 0.933. The van der Waals surface area contributed by atoms with Crippen molar-refractivity contribution in [2.24, 2.45) is 5.92 Å². The summed E-state index contributed by atoms with van der Waals surface area (Å²) < 4.78 is 4.88. The maximum Gasteiger partial charge on any atom is 0.322 e. The Kier molecular flexibility index (Phi) is 5.64. The van der Waals surface area contributed by atoms with Crippen LogP contribution < -0.4 is 5.32 Å². The molecule has 1 heterocycles. The number of carbonyl (C=O) groups is 1. The Morgan fingerprint density at radius 3 is 2.84 bits per heavy atom. The number of carbonyl (C=O) groups excluding carboxylic acids is 1. The summed E-state index contributed by atoms with van der Waals surface area (Å²) >= 11 is 0. The van der Waals surface area contributed by atoms with E-state index in [2.05, 4.69) is 17.1 Å². The summed E-state index contributed by atoms with van der Waals surface area (Å²) in [4.78, 5) is 14.3. The Bertz CT molecular complexity index is 292. The number of hydrogen-bond acceptors (Lipinski definition) is 4. The van der Waals surface area contributed by atoms with E-state index in [1.54, 1.807) is 0 Å². The third-order valence-corrected chi connectivity index (χ3v) is 4.37. The highest BCUT2D eigenvalue weighted by Crippen LogP contribution is 2.31. The molecule has 0 amide bonds. The predicted molar refractivity (Wildman–Crippen MR) is 76.0 cm³/mol. The highest BCUT2D eigenvalue weighted by atomic mass is 16.5. The van der Waals surface area contributed by atoms with Crippen molar-refractivity contribution in [3.05, 3.63) is 0 Å². The van der Waals surface area contributed by atoms with Crippen LogP contribution in [0.25, 0.3) is 0 Å². The van der Waals surface area contributed by atoms with Crippen LogP contribution in [0.3, 0.4) is 0 Å². The molecule has 1 aliphatic carbocycles. The van der Waals surface area contributed by atoms with Crippen molar-refractivity contribution >= 4 is 5.97 Å². The lowest BCUT2D eigenvalue weighted by atomic mass is 10.1. The van der Waals surface area contributed by atoms with E-state index in [4.69, 9.17) is 4.74 Å². The number of rotatable bonds is 8. The molecular weight excluding hydrogens is 240 g/mol. The van der Waals surface area contributed by atoms with E-state index in [-0.39, 0.29) is 12.0 Å². The van der Waals surface area contributed by atoms with Gasteiger partial charge in [-0.15, -0.1) is 0 Å². The standard InChI is InChI=1S/C15H28N2O2/c1-3-4-5-14(15(18)19-2)16-10-12-8-9-17(11-12)13-6-7-13/h12-14,16H,3-11H2,1-2H3. The molecule has 2 fully saturated rings. The van der Waals surface area contributed by atoms with Crippen LogP contribution in [0.15, 0.2) is 0 Å². The van der Waals surface area contributed by atoms with Crippen molar-refractivity contribution in [2.75, 3.05) is 26.7 Å². The van der Waals surface area contributed by atoms with Crippen LogP contribution >= 0.6 is 0 Å². The van der Waals surface area contributed by atoms with E-state index in [0.717, 1.165) is 31.8 Å². The minimum absolute atomic E-state index is 0.106. The molecule has 0 radical (unpaired) electrons. The molecule has 110 valence electrons. The van der Waals surface area contributed by atoms with Gasteiger partial charge in [-0.1, -0.05) is 19.8 Å². The largest absolute Gasteiger partial charge is 0.468 e. The zero-order valence-electron chi connectivity index (χ0n) is 12.4. The van der Waals surface area contributed by atoms with E-state index in [9.17, 15) is 4.79 Å². The summed E-state index contributed by atoms with van der Waals surface area (Å²) in [5.41, 5.74) is 0. The molecule has 2 atom stereocenters. The van der Waals surface area contributed by atoms with Gasteiger partial charge < -0.3 is 15.0 Å². The number of ether oxygens (including phenoxy) is 1. The topological polar surface area (TPSA) is 41.6 Å². The molecule has 1 aliphatic heterocycles. The Morgan fingerprint density at radius 1 is 1.42 bits per heavy atom. The van der Waals surface area contributed by atoms with Gasteiger partial charge in [0.25, 0.3) is 0 Å². The van der Waals surface area contributed by atoms with Gasteiger partial charge in [0.1, 0.15) is 6.04 Å². The van der Waals surface area contributed by atoms with Crippen molar-refractivity contribution in [3.8, 4) is 0 Å². The molecule has 2 aliphatic rings. The van der Waals surface area contributed by atoms with Crippen LogP contribution in [0, 0.1) is 5.92 Å². The number of nitrogens with one attached hydrogen (secondary N) is 1. The van der Waals surface area contributed by atoms with E-state index in [1.807, 2.05) is 0 Å². The van der Waals surface area contributed by atoms with Gasteiger partial charge in [-0.05, 0) is 38.1 Å². The first-order valence-corrected chi connectivity index (χ1v) is 7.79. The number of hydrogen-bond donors (Lipinski definition) is 1. The quantitative estimate of drug-likeness (QED) is 0.682. The Morgan fingerprint density at radius 2 is 2.21 bits per heavy atom. The molecule has 2 unspecified atom stereocenters. The van der Waals surface area contributed by atoms with Crippen LogP contribution in [-0.2, 0) is 9.53 Å². The molecule has 0 aromatic heterocycles. The number of unbranched alkanes of at least 4 members (excludes halogenated alkanes) is 1. The third kappa shape index (κ3) is 4.46. The Balaban J connectivity index is 1.70. The third-order valence-electron chi connectivity index (χ3n) is 4.37. The first-order valence-electron chi connectivity index (χ1n) is 7.79. The highest BCUT2D eigenvalue weighted by molar-refractivity contribution is 5.75. The molecule has 0 bridgehead atoms. The first-order chi connectivity index (χ1) is 9.24. The van der Waals surface area contributed by atoms with Gasteiger partial charge in [0.2, 0.25) is 0 Å². The maximum absolute atomic E-state index is 11.7. The fourth-order valence-corrected chi connectivity index (χ4v) is 2.96. The van der Waals surface area contributed by atoms with Crippen molar-refractivity contribution in [2.45, 2.75) is 57.5 Å². The average Bonchev–Trinajstić information content (AvgIpc) is 3.18. The van der Waals surface area contributed by atoms with E-state index in [1.165, 1.54) is 39.5 Å². The molecule has 0 aromatic carbocycles. The smallest absolute Gasteiger partial charge is 0.322 e. The molecule has 1 saturated carbocycles. The van der Waals surface area contributed by atoms with Crippen LogP contribution in [0.5, 0.6) is 0 Å². The molecule has 1 saturated heterocycles. The minimum Gasteiger partial charge on any atom is -0.468 e. The van der Waals surface area contributed by atoms with E-state index in [0.29, 0.717) is 5.92 Å². The highest BCUT2D eigenvalue weighted by Gasteiger charge is 2.34. The summed E-state index contributed by atoms with van der Waals surface area (Å²) in [7, 11) is 1.48. The molecule has 4 heteroatoms. The monoisotopic (exact) mass is 268 g/mol.